The lowest BCUT2D eigenvalue weighted by molar-refractivity contribution is -0.423. The van der Waals surface area contributed by atoms with Gasteiger partial charge in [-0.2, -0.15) is 4.52 Å². The van der Waals surface area contributed by atoms with E-state index in [0.29, 0.717) is 0 Å². The van der Waals surface area contributed by atoms with Gasteiger partial charge in [0.05, 0.1) is 0 Å². The molecule has 0 aromatic heterocycles. The van der Waals surface area contributed by atoms with Gasteiger partial charge in [-0.25, -0.2) is 4.57 Å². The van der Waals surface area contributed by atoms with Gasteiger partial charge in [-0.3, -0.25) is 4.89 Å². The van der Waals surface area contributed by atoms with E-state index in [1.54, 1.807) is 6.07 Å². The number of phosphoric ester groups is 1. The van der Waals surface area contributed by atoms with Crippen LogP contribution in [-0.2, 0) is 9.09 Å². The molecule has 0 aliphatic carbocycles. The zero-order valence-corrected chi connectivity index (χ0v) is 8.24. The Morgan fingerprint density at radius 3 is 2.13 bits per heavy atom. The van der Waals surface area contributed by atoms with Crippen molar-refractivity contribution in [3.05, 3.63) is 30.3 Å². The minimum absolute atomic E-state index is 0.0208. The van der Waals surface area contributed by atoms with Crippen molar-refractivity contribution < 1.29 is 33.8 Å². The third kappa shape index (κ3) is 4.89. The number of hydrogen-bond acceptors (Lipinski definition) is 6. The first kappa shape index (κ1) is 12.1. The van der Waals surface area contributed by atoms with Gasteiger partial charge in [-0.05, 0) is 12.1 Å². The molecular weight excluding hydrogens is 227 g/mol. The summed E-state index contributed by atoms with van der Waals surface area (Å²) >= 11 is 0. The van der Waals surface area contributed by atoms with E-state index in [2.05, 4.69) is 9.05 Å². The second kappa shape index (κ2) is 4.28. The van der Waals surface area contributed by atoms with Crippen LogP contribution in [0.2, 0.25) is 0 Å². The number of phosphoric acid groups is 1. The molecule has 0 fully saturated rings. The van der Waals surface area contributed by atoms with Crippen LogP contribution < -0.4 is 4.52 Å². The lowest BCUT2D eigenvalue weighted by atomic mass is 10.3. The molecule has 1 rings (SSSR count). The Morgan fingerprint density at radius 2 is 1.67 bits per heavy atom. The molecule has 0 saturated carbocycles. The first-order chi connectivity index (χ1) is 6.79. The fourth-order valence-corrected chi connectivity index (χ4v) is 1.52. The average Bonchev–Trinajstić information content (AvgIpc) is 1.99. The highest BCUT2D eigenvalue weighted by Crippen LogP contribution is 2.45. The van der Waals surface area contributed by atoms with Gasteiger partial charge in [0.15, 0.2) is 0 Å². The monoisotopic (exact) mass is 236 g/mol. The summed E-state index contributed by atoms with van der Waals surface area (Å²) in [4.78, 5) is 8.93. The van der Waals surface area contributed by atoms with Gasteiger partial charge in [-0.15, -0.1) is 0 Å². The molecule has 0 saturated heterocycles. The largest absolute Gasteiger partial charge is 0.533 e. The highest BCUT2D eigenvalue weighted by atomic mass is 31.2. The van der Waals surface area contributed by atoms with Gasteiger partial charge in [-0.1, -0.05) is 18.2 Å². The SMILES string of the molecule is O=P(O)(Oc1ccccc1)OC(O)(O)O. The first-order valence-electron chi connectivity index (χ1n) is 3.74. The Labute approximate surface area is 84.7 Å². The molecule has 4 N–H and O–H groups in total. The fourth-order valence-electron chi connectivity index (χ4n) is 0.788. The average molecular weight is 236 g/mol. The highest BCUT2D eigenvalue weighted by Gasteiger charge is 2.35. The molecule has 0 amide bonds. The molecule has 15 heavy (non-hydrogen) atoms. The van der Waals surface area contributed by atoms with Crippen LogP contribution in [0.5, 0.6) is 5.75 Å². The Hall–Kier alpha value is -0.950. The molecule has 1 aromatic rings. The smallest absolute Gasteiger partial charge is 0.404 e. The quantitative estimate of drug-likeness (QED) is 0.421. The molecule has 1 unspecified atom stereocenters. The van der Waals surface area contributed by atoms with E-state index in [0.717, 1.165) is 0 Å². The molecule has 0 bridgehead atoms. The van der Waals surface area contributed by atoms with Crippen molar-refractivity contribution in [2.75, 3.05) is 0 Å². The van der Waals surface area contributed by atoms with E-state index >= 15 is 0 Å². The summed E-state index contributed by atoms with van der Waals surface area (Å²) in [6, 6.07) is 7.39. The summed E-state index contributed by atoms with van der Waals surface area (Å²) in [5.41, 5.74) is 0. The molecule has 7 nitrogen and oxygen atoms in total. The Bertz CT molecular complexity index is 357. The second-order valence-corrected chi connectivity index (χ2v) is 3.84. The summed E-state index contributed by atoms with van der Waals surface area (Å²) in [5.74, 6) is -0.0208. The number of aliphatic hydroxyl groups is 3. The van der Waals surface area contributed by atoms with Gasteiger partial charge in [0.2, 0.25) is 0 Å². The molecule has 0 spiro atoms. The van der Waals surface area contributed by atoms with E-state index in [-0.39, 0.29) is 5.75 Å². The Kier molecular flexibility index (Phi) is 3.46. The maximum atomic E-state index is 11.0. The predicted octanol–water partition coefficient (Wildman–Crippen LogP) is -0.229. The van der Waals surface area contributed by atoms with Crippen molar-refractivity contribution >= 4 is 7.82 Å². The molecule has 1 aromatic carbocycles. The van der Waals surface area contributed by atoms with Crippen molar-refractivity contribution in [1.82, 2.24) is 0 Å². The maximum Gasteiger partial charge on any atom is 0.533 e. The molecule has 0 radical (unpaired) electrons. The molecule has 0 heterocycles. The highest BCUT2D eigenvalue weighted by molar-refractivity contribution is 7.47. The van der Waals surface area contributed by atoms with Crippen molar-refractivity contribution in [1.29, 1.82) is 0 Å². The summed E-state index contributed by atoms with van der Waals surface area (Å²) in [6.07, 6.45) is -3.72. The standard InChI is InChI=1S/C7H9O7P/c8-7(9,10)14-15(11,12)13-6-4-2-1-3-5-6/h1-5,8-10H,(H,11,12). The van der Waals surface area contributed by atoms with Crippen molar-refractivity contribution in [3.63, 3.8) is 0 Å². The lowest BCUT2D eigenvalue weighted by Crippen LogP contribution is -2.30. The van der Waals surface area contributed by atoms with Gasteiger partial charge >= 0.3 is 14.0 Å². The molecule has 8 heteroatoms. The van der Waals surface area contributed by atoms with Crippen LogP contribution in [0.3, 0.4) is 0 Å². The van der Waals surface area contributed by atoms with Crippen molar-refractivity contribution in [3.8, 4) is 5.75 Å². The van der Waals surface area contributed by atoms with Crippen molar-refractivity contribution in [2.45, 2.75) is 6.16 Å². The van der Waals surface area contributed by atoms with Gasteiger partial charge in [0, 0.05) is 0 Å². The van der Waals surface area contributed by atoms with Crippen LogP contribution in [0, 0.1) is 0 Å². The van der Waals surface area contributed by atoms with Crippen LogP contribution in [0.4, 0.5) is 0 Å². The number of rotatable bonds is 4. The van der Waals surface area contributed by atoms with Crippen LogP contribution in [-0.4, -0.2) is 26.4 Å². The topological polar surface area (TPSA) is 116 Å². The summed E-state index contributed by atoms with van der Waals surface area (Å²) in [5, 5.41) is 24.9. The third-order valence-electron chi connectivity index (χ3n) is 1.20. The van der Waals surface area contributed by atoms with Crippen LogP contribution in [0.15, 0.2) is 30.3 Å². The number of para-hydroxylation sites is 1. The van der Waals surface area contributed by atoms with E-state index < -0.39 is 14.0 Å². The lowest BCUT2D eigenvalue weighted by Gasteiger charge is -2.18. The van der Waals surface area contributed by atoms with E-state index in [1.165, 1.54) is 24.3 Å². The van der Waals surface area contributed by atoms with Crippen molar-refractivity contribution in [2.24, 2.45) is 0 Å². The number of hydrogen-bond donors (Lipinski definition) is 4. The zero-order valence-electron chi connectivity index (χ0n) is 7.35. The molecule has 0 aliphatic heterocycles. The second-order valence-electron chi connectivity index (χ2n) is 2.54. The fraction of sp³-hybridized carbons (Fsp3) is 0.143. The number of benzene rings is 1. The van der Waals surface area contributed by atoms with E-state index in [1.807, 2.05) is 0 Å². The summed E-state index contributed by atoms with van der Waals surface area (Å²) in [7, 11) is -4.79. The normalized spacial score (nSPS) is 15.7. The predicted molar refractivity (Wildman–Crippen MR) is 47.4 cm³/mol. The third-order valence-corrected chi connectivity index (χ3v) is 2.12. The summed E-state index contributed by atoms with van der Waals surface area (Å²) in [6.45, 7) is 0. The van der Waals surface area contributed by atoms with Crippen LogP contribution in [0.25, 0.3) is 0 Å². The summed E-state index contributed by atoms with van der Waals surface area (Å²) < 4.78 is 19.0. The van der Waals surface area contributed by atoms with Crippen LogP contribution >= 0.6 is 7.82 Å². The van der Waals surface area contributed by atoms with Gasteiger partial charge in [0.1, 0.15) is 5.75 Å². The van der Waals surface area contributed by atoms with Gasteiger partial charge < -0.3 is 19.8 Å². The van der Waals surface area contributed by atoms with E-state index in [4.69, 9.17) is 20.2 Å². The minimum atomic E-state index is -4.79. The minimum Gasteiger partial charge on any atom is -0.404 e. The van der Waals surface area contributed by atoms with Crippen LogP contribution in [0.1, 0.15) is 0 Å². The zero-order chi connectivity index (χ0) is 11.5. The molecular formula is C7H9O7P. The Balaban J connectivity index is 2.69. The Morgan fingerprint density at radius 1 is 1.13 bits per heavy atom. The van der Waals surface area contributed by atoms with Gasteiger partial charge in [0.25, 0.3) is 0 Å². The molecule has 1 atom stereocenters. The first-order valence-corrected chi connectivity index (χ1v) is 5.23. The molecule has 0 aliphatic rings. The van der Waals surface area contributed by atoms with E-state index in [9.17, 15) is 4.57 Å². The molecule has 84 valence electrons. The maximum absolute atomic E-state index is 11.0.